The highest BCUT2D eigenvalue weighted by atomic mass is 16.6. The summed E-state index contributed by atoms with van der Waals surface area (Å²) in [5, 5.41) is 0. The molecule has 0 saturated carbocycles. The van der Waals surface area contributed by atoms with Gasteiger partial charge in [-0.15, -0.1) is 0 Å². The van der Waals surface area contributed by atoms with Crippen molar-refractivity contribution < 1.29 is 14.3 Å². The predicted octanol–water partition coefficient (Wildman–Crippen LogP) is 1.25. The van der Waals surface area contributed by atoms with Crippen LogP contribution in [-0.2, 0) is 9.47 Å². The van der Waals surface area contributed by atoms with Crippen LogP contribution in [0.15, 0.2) is 0 Å². The van der Waals surface area contributed by atoms with E-state index in [1.165, 1.54) is 0 Å². The normalized spacial score (nSPS) is 21.5. The first-order valence-corrected chi connectivity index (χ1v) is 4.81. The van der Waals surface area contributed by atoms with E-state index in [4.69, 9.17) is 9.47 Å². The third-order valence-corrected chi connectivity index (χ3v) is 2.18. The van der Waals surface area contributed by atoms with Crippen LogP contribution in [0.3, 0.4) is 0 Å². The number of hydrogen-bond acceptors (Lipinski definition) is 3. The van der Waals surface area contributed by atoms with E-state index < -0.39 is 0 Å². The van der Waals surface area contributed by atoms with E-state index in [0.29, 0.717) is 26.3 Å². The van der Waals surface area contributed by atoms with Gasteiger partial charge in [-0.1, -0.05) is 0 Å². The van der Waals surface area contributed by atoms with Gasteiger partial charge in [-0.25, -0.2) is 4.79 Å². The molecular weight excluding hydrogens is 170 g/mol. The summed E-state index contributed by atoms with van der Waals surface area (Å²) in [7, 11) is 0. The molecule has 1 atom stereocenters. The molecule has 0 aromatic carbocycles. The quantitative estimate of drug-likeness (QED) is 0.667. The van der Waals surface area contributed by atoms with Gasteiger partial charge < -0.3 is 14.4 Å². The summed E-state index contributed by atoms with van der Waals surface area (Å²) >= 11 is 0. The molecule has 0 radical (unpaired) electrons. The van der Waals surface area contributed by atoms with Crippen LogP contribution < -0.4 is 0 Å². The topological polar surface area (TPSA) is 38.8 Å². The van der Waals surface area contributed by atoms with Gasteiger partial charge in [-0.05, 0) is 13.8 Å². The van der Waals surface area contributed by atoms with Gasteiger partial charge in [0, 0.05) is 19.5 Å². The van der Waals surface area contributed by atoms with Crippen LogP contribution in [0.1, 0.15) is 20.3 Å². The van der Waals surface area contributed by atoms with Gasteiger partial charge in [-0.2, -0.15) is 0 Å². The van der Waals surface area contributed by atoms with Crippen molar-refractivity contribution in [3.05, 3.63) is 0 Å². The van der Waals surface area contributed by atoms with Crippen LogP contribution in [-0.4, -0.2) is 43.4 Å². The fourth-order valence-corrected chi connectivity index (χ4v) is 1.30. The zero-order chi connectivity index (χ0) is 9.68. The van der Waals surface area contributed by atoms with Gasteiger partial charge in [-0.3, -0.25) is 0 Å². The maximum absolute atomic E-state index is 11.4. The van der Waals surface area contributed by atoms with E-state index in [2.05, 4.69) is 0 Å². The van der Waals surface area contributed by atoms with Gasteiger partial charge in [0.2, 0.25) is 0 Å². The van der Waals surface area contributed by atoms with Gasteiger partial charge >= 0.3 is 6.09 Å². The standard InChI is InChI=1S/C9H17NO3/c1-3-10(4-2)9(11)13-8-5-6-12-7-8/h8H,3-7H2,1-2H3. The summed E-state index contributed by atoms with van der Waals surface area (Å²) in [6.07, 6.45) is 0.570. The molecule has 1 amide bonds. The minimum atomic E-state index is -0.222. The van der Waals surface area contributed by atoms with Crippen molar-refractivity contribution >= 4 is 6.09 Å². The molecule has 0 aliphatic carbocycles. The van der Waals surface area contributed by atoms with Crippen molar-refractivity contribution in [3.8, 4) is 0 Å². The Morgan fingerprint density at radius 2 is 2.23 bits per heavy atom. The lowest BCUT2D eigenvalue weighted by molar-refractivity contribution is 0.0569. The van der Waals surface area contributed by atoms with Gasteiger partial charge in [0.1, 0.15) is 6.10 Å². The minimum Gasteiger partial charge on any atom is -0.444 e. The molecule has 76 valence electrons. The van der Waals surface area contributed by atoms with Gasteiger partial charge in [0.15, 0.2) is 0 Å². The zero-order valence-corrected chi connectivity index (χ0v) is 8.28. The Bertz CT molecular complexity index is 162. The summed E-state index contributed by atoms with van der Waals surface area (Å²) in [6, 6.07) is 0. The molecule has 4 heteroatoms. The van der Waals surface area contributed by atoms with Crippen LogP contribution in [0.4, 0.5) is 4.79 Å². The first kappa shape index (κ1) is 10.3. The Hall–Kier alpha value is -0.770. The van der Waals surface area contributed by atoms with E-state index in [1.54, 1.807) is 4.90 Å². The first-order chi connectivity index (χ1) is 6.27. The lowest BCUT2D eigenvalue weighted by Crippen LogP contribution is -2.34. The van der Waals surface area contributed by atoms with E-state index in [0.717, 1.165) is 6.42 Å². The molecule has 0 aromatic rings. The second-order valence-electron chi connectivity index (χ2n) is 3.04. The molecule has 1 heterocycles. The number of amides is 1. The third kappa shape index (κ3) is 2.88. The van der Waals surface area contributed by atoms with Crippen LogP contribution in [0, 0.1) is 0 Å². The lowest BCUT2D eigenvalue weighted by Gasteiger charge is -2.20. The highest BCUT2D eigenvalue weighted by Gasteiger charge is 2.21. The van der Waals surface area contributed by atoms with E-state index in [1.807, 2.05) is 13.8 Å². The highest BCUT2D eigenvalue weighted by Crippen LogP contribution is 2.09. The van der Waals surface area contributed by atoms with Crippen molar-refractivity contribution in [2.24, 2.45) is 0 Å². The van der Waals surface area contributed by atoms with Crippen LogP contribution in [0.2, 0.25) is 0 Å². The van der Waals surface area contributed by atoms with Crippen molar-refractivity contribution in [1.82, 2.24) is 4.90 Å². The van der Waals surface area contributed by atoms with E-state index in [-0.39, 0.29) is 12.2 Å². The molecule has 1 unspecified atom stereocenters. The fourth-order valence-electron chi connectivity index (χ4n) is 1.30. The second-order valence-corrected chi connectivity index (χ2v) is 3.04. The number of rotatable bonds is 3. The molecule has 13 heavy (non-hydrogen) atoms. The molecule has 1 fully saturated rings. The van der Waals surface area contributed by atoms with Crippen molar-refractivity contribution in [2.75, 3.05) is 26.3 Å². The Kier molecular flexibility index (Phi) is 4.02. The molecule has 1 aliphatic rings. The van der Waals surface area contributed by atoms with Gasteiger partial charge in [0.05, 0.1) is 13.2 Å². The molecule has 0 aromatic heterocycles. The molecule has 4 nitrogen and oxygen atoms in total. The van der Waals surface area contributed by atoms with Crippen molar-refractivity contribution in [3.63, 3.8) is 0 Å². The number of ether oxygens (including phenoxy) is 2. The average molecular weight is 187 g/mol. The molecule has 1 aliphatic heterocycles. The molecule has 1 saturated heterocycles. The van der Waals surface area contributed by atoms with Crippen molar-refractivity contribution in [2.45, 2.75) is 26.4 Å². The fraction of sp³-hybridized carbons (Fsp3) is 0.889. The highest BCUT2D eigenvalue weighted by molar-refractivity contribution is 5.67. The van der Waals surface area contributed by atoms with Crippen molar-refractivity contribution in [1.29, 1.82) is 0 Å². The Labute approximate surface area is 78.8 Å². The Morgan fingerprint density at radius 3 is 2.69 bits per heavy atom. The number of hydrogen-bond donors (Lipinski definition) is 0. The number of carbonyl (C=O) groups excluding carboxylic acids is 1. The second kappa shape index (κ2) is 5.07. The SMILES string of the molecule is CCN(CC)C(=O)OC1CCOC1. The molecule has 0 bridgehead atoms. The number of carbonyl (C=O) groups is 1. The monoisotopic (exact) mass is 187 g/mol. The minimum absolute atomic E-state index is 0.0342. The number of nitrogens with zero attached hydrogens (tertiary/aromatic N) is 1. The summed E-state index contributed by atoms with van der Waals surface area (Å²) < 4.78 is 10.3. The summed E-state index contributed by atoms with van der Waals surface area (Å²) in [5.74, 6) is 0. The Balaban J connectivity index is 2.29. The zero-order valence-electron chi connectivity index (χ0n) is 8.28. The third-order valence-electron chi connectivity index (χ3n) is 2.18. The van der Waals surface area contributed by atoms with E-state index >= 15 is 0 Å². The molecule has 1 rings (SSSR count). The molecular formula is C9H17NO3. The molecule has 0 spiro atoms. The van der Waals surface area contributed by atoms with E-state index in [9.17, 15) is 4.79 Å². The maximum atomic E-state index is 11.4. The summed E-state index contributed by atoms with van der Waals surface area (Å²) in [4.78, 5) is 13.1. The molecule has 0 N–H and O–H groups in total. The van der Waals surface area contributed by atoms with Gasteiger partial charge in [0.25, 0.3) is 0 Å². The summed E-state index contributed by atoms with van der Waals surface area (Å²) in [6.45, 7) is 6.53. The first-order valence-electron chi connectivity index (χ1n) is 4.81. The maximum Gasteiger partial charge on any atom is 0.410 e. The van der Waals surface area contributed by atoms with Crippen LogP contribution >= 0.6 is 0 Å². The smallest absolute Gasteiger partial charge is 0.410 e. The Morgan fingerprint density at radius 1 is 1.54 bits per heavy atom. The lowest BCUT2D eigenvalue weighted by atomic mass is 10.3. The van der Waals surface area contributed by atoms with Crippen LogP contribution in [0.25, 0.3) is 0 Å². The largest absolute Gasteiger partial charge is 0.444 e. The van der Waals surface area contributed by atoms with Crippen LogP contribution in [0.5, 0.6) is 0 Å². The summed E-state index contributed by atoms with van der Waals surface area (Å²) in [5.41, 5.74) is 0. The average Bonchev–Trinajstić information content (AvgIpc) is 2.59. The predicted molar refractivity (Wildman–Crippen MR) is 48.6 cm³/mol.